The maximum Gasteiger partial charge on any atom is 0.330 e. The number of hydrogen-bond donors (Lipinski definition) is 7. The highest BCUT2D eigenvalue weighted by molar-refractivity contribution is 6.09. The smallest absolute Gasteiger partial charge is 0.330 e. The number of benzene rings is 3. The van der Waals surface area contributed by atoms with Crippen molar-refractivity contribution in [3.05, 3.63) is 224 Å². The number of allylic oxidation sites excluding steroid dienone is 2. The number of rotatable bonds is 19. The number of aromatic amines is 2. The Balaban J connectivity index is 0.000000195. The number of carbonyl (C=O) groups excluding carboxylic acids is 3. The highest BCUT2D eigenvalue weighted by atomic mass is 16.5. The molecule has 23 heteroatoms. The van der Waals surface area contributed by atoms with Crippen LogP contribution in [0.2, 0.25) is 0 Å². The van der Waals surface area contributed by atoms with Crippen LogP contribution in [0.5, 0.6) is 0 Å². The molecule has 0 saturated carbocycles. The van der Waals surface area contributed by atoms with Crippen molar-refractivity contribution in [3.8, 4) is 0 Å². The van der Waals surface area contributed by atoms with Crippen LogP contribution in [0.4, 0.5) is 0 Å². The van der Waals surface area contributed by atoms with E-state index in [2.05, 4.69) is 57.6 Å². The average Bonchev–Trinajstić information content (AvgIpc) is 1.14. The van der Waals surface area contributed by atoms with E-state index in [1.807, 2.05) is 133 Å². The van der Waals surface area contributed by atoms with E-state index in [4.69, 9.17) is 15.4 Å². The number of nitrogens with zero attached hydrogens (tertiary/aromatic N) is 8. The molecular formula is C67H84N12O11. The fraction of sp³-hybridized carbons (Fsp3) is 0.463. The summed E-state index contributed by atoms with van der Waals surface area (Å²) in [7, 11) is 0. The molecule has 0 spiro atoms. The summed E-state index contributed by atoms with van der Waals surface area (Å²) in [6, 6.07) is 25.7. The van der Waals surface area contributed by atoms with E-state index in [1.54, 1.807) is 13.1 Å². The van der Waals surface area contributed by atoms with Gasteiger partial charge in [-0.15, -0.1) is 0 Å². The molecule has 2 aliphatic carbocycles. The highest BCUT2D eigenvalue weighted by Gasteiger charge is 2.39. The summed E-state index contributed by atoms with van der Waals surface area (Å²) in [4.78, 5) is 104. The molecule has 2 saturated heterocycles. The molecule has 4 aliphatic rings. The summed E-state index contributed by atoms with van der Waals surface area (Å²) in [6.07, 6.45) is 9.92. The Morgan fingerprint density at radius 1 is 0.900 bits per heavy atom. The van der Waals surface area contributed by atoms with Crippen LogP contribution in [-0.4, -0.2) is 136 Å². The summed E-state index contributed by atoms with van der Waals surface area (Å²) >= 11 is 0. The molecule has 0 radical (unpaired) electrons. The van der Waals surface area contributed by atoms with Gasteiger partial charge in [0, 0.05) is 104 Å². The standard InChI is InChI=1S/C36H47N5O4.C21H24N2O3.C10H13N5O4/c1-36(2,3)39-35(45)31-24-40(22-26-12-9-15-37-21-26)16-17-41(31)23-29(42)19-28(18-25-10-5-4-6-11-25)34(44)38-33-30-14-8-7-13-27(30)20-32(33)43;1-4-17-18(19(24)16-10-13(2)9-14(3)11-16)23(21(26)22-20(17)25)12-15-7-5-6-8-15;1-5-3-15(10(18)12-9(5)17)8-2-6(13-14-11)7(4-16)19-8/h4-15,21,28-29,31-33,42-43H,16-20,22-24H2,1-3H3,(H,38,44)(H,39,45);5-6,9-11,15H,4,7-8,12H2,1-3H3,(H,22,25,26);3,6-8,16H,2,4H2,1H3,(H,12,17,18)/t28-,29+,31+,32-,33+;;6-,7+,8+/m1.0/s1. The fourth-order valence-corrected chi connectivity index (χ4v) is 12.3. The van der Waals surface area contributed by atoms with Gasteiger partial charge in [-0.05, 0) is 126 Å². The lowest BCUT2D eigenvalue weighted by Gasteiger charge is -2.42. The SMILES string of the molecule is CC(C)(C)NC(=O)[C@@H]1CN(Cc2cccnc2)CCN1C[C@@H](O)C[C@@H](Cc1ccccc1)C(=O)N[C@H]1c2ccccc2C[C@H]1O.CCc1c(C(=O)c2cc(C)cc(C)c2)n(CC2CC=CC2)c(=O)[nH]c1=O.Cc1cn([C@H]2C[C@H](N=[N+]=[N-])[C@@H](CO)O2)c(=O)[nH]c1=O. The zero-order valence-corrected chi connectivity index (χ0v) is 52.3. The Hall–Kier alpha value is -8.41. The van der Waals surface area contributed by atoms with Crippen molar-refractivity contribution in [2.75, 3.05) is 32.8 Å². The number of azide groups is 1. The number of aliphatic hydroxyl groups excluding tert-OH is 3. The number of amides is 2. The topological polar surface area (TPSA) is 323 Å². The molecule has 2 amide bonds. The molecule has 7 N–H and O–H groups in total. The Morgan fingerprint density at radius 3 is 2.26 bits per heavy atom. The van der Waals surface area contributed by atoms with Crippen molar-refractivity contribution >= 4 is 17.6 Å². The first kappa shape index (κ1) is 67.5. The second-order valence-electron chi connectivity index (χ2n) is 24.9. The van der Waals surface area contributed by atoms with Crippen molar-refractivity contribution in [2.24, 2.45) is 17.0 Å². The van der Waals surface area contributed by atoms with Gasteiger partial charge in [-0.2, -0.15) is 0 Å². The Kier molecular flexibility index (Phi) is 23.2. The number of aryl methyl sites for hydroxylation is 3. The van der Waals surface area contributed by atoms with Crippen LogP contribution in [-0.2, 0) is 46.7 Å². The van der Waals surface area contributed by atoms with Crippen molar-refractivity contribution in [3.63, 3.8) is 0 Å². The third kappa shape index (κ3) is 17.7. The number of pyridine rings is 1. The van der Waals surface area contributed by atoms with Crippen LogP contribution in [0.25, 0.3) is 10.4 Å². The molecule has 6 aromatic rings. The summed E-state index contributed by atoms with van der Waals surface area (Å²) in [5.74, 6) is -0.770. The van der Waals surface area contributed by atoms with E-state index in [-0.39, 0.29) is 55.2 Å². The number of aliphatic hydroxyl groups is 3. The molecule has 5 heterocycles. The zero-order chi connectivity index (χ0) is 64.8. The largest absolute Gasteiger partial charge is 0.394 e. The van der Waals surface area contributed by atoms with Crippen molar-refractivity contribution in [1.29, 1.82) is 0 Å². The monoisotopic (exact) mass is 1230 g/mol. The Bertz CT molecular complexity index is 3770. The number of nitrogens with one attached hydrogen (secondary N) is 4. The van der Waals surface area contributed by atoms with Gasteiger partial charge in [-0.1, -0.05) is 102 Å². The van der Waals surface area contributed by atoms with Crippen molar-refractivity contribution in [2.45, 2.75) is 155 Å². The number of β-amino-alcohol motifs (C(OH)–C–C–N with tert-alkyl or cyclic N) is 1. The Labute approximate surface area is 522 Å². The maximum absolute atomic E-state index is 13.8. The first-order valence-corrected chi connectivity index (χ1v) is 30.7. The van der Waals surface area contributed by atoms with Gasteiger partial charge in [0.15, 0.2) is 0 Å². The minimum atomic E-state index is -0.833. The number of hydrogen-bond acceptors (Lipinski definition) is 15. The van der Waals surface area contributed by atoms with Gasteiger partial charge in [-0.25, -0.2) is 9.59 Å². The van der Waals surface area contributed by atoms with Crippen LogP contribution < -0.4 is 33.1 Å². The lowest BCUT2D eigenvalue weighted by Crippen LogP contribution is -2.61. The zero-order valence-electron chi connectivity index (χ0n) is 52.3. The van der Waals surface area contributed by atoms with Crippen LogP contribution in [0.3, 0.4) is 0 Å². The number of aromatic nitrogens is 5. The molecule has 0 bridgehead atoms. The second-order valence-corrected chi connectivity index (χ2v) is 24.9. The molecule has 8 atom stereocenters. The molecule has 2 aliphatic heterocycles. The van der Waals surface area contributed by atoms with Crippen LogP contribution in [0, 0.1) is 32.6 Å². The minimum absolute atomic E-state index is 0.0712. The average molecular weight is 1230 g/mol. The first-order valence-electron chi connectivity index (χ1n) is 30.7. The summed E-state index contributed by atoms with van der Waals surface area (Å²) in [5, 5.41) is 41.2. The first-order chi connectivity index (χ1) is 43.0. The molecular weight excluding hydrogens is 1150 g/mol. The maximum atomic E-state index is 13.8. The van der Waals surface area contributed by atoms with Gasteiger partial charge in [-0.3, -0.25) is 57.9 Å². The van der Waals surface area contributed by atoms with E-state index in [0.29, 0.717) is 62.1 Å². The van der Waals surface area contributed by atoms with Gasteiger partial charge in [0.1, 0.15) is 18.0 Å². The van der Waals surface area contributed by atoms with Gasteiger partial charge >= 0.3 is 11.4 Å². The normalized spacial score (nSPS) is 20.6. The summed E-state index contributed by atoms with van der Waals surface area (Å²) in [5.41, 5.74) is 13.5. The van der Waals surface area contributed by atoms with Crippen LogP contribution >= 0.6 is 0 Å². The summed E-state index contributed by atoms with van der Waals surface area (Å²) < 4.78 is 8.16. The molecule has 90 heavy (non-hydrogen) atoms. The summed E-state index contributed by atoms with van der Waals surface area (Å²) in [6.45, 7) is 16.1. The van der Waals surface area contributed by atoms with E-state index >= 15 is 0 Å². The fourth-order valence-electron chi connectivity index (χ4n) is 12.3. The quantitative estimate of drug-likeness (QED) is 0.0171. The highest BCUT2D eigenvalue weighted by Crippen LogP contribution is 2.33. The second kappa shape index (κ2) is 30.9. The van der Waals surface area contributed by atoms with Gasteiger partial charge in [0.25, 0.3) is 11.1 Å². The predicted molar refractivity (Wildman–Crippen MR) is 341 cm³/mol. The lowest BCUT2D eigenvalue weighted by atomic mass is 9.91. The van der Waals surface area contributed by atoms with E-state index in [0.717, 1.165) is 52.8 Å². The van der Waals surface area contributed by atoms with Crippen molar-refractivity contribution in [1.82, 2.24) is 44.5 Å². The van der Waals surface area contributed by atoms with Crippen LogP contribution in [0.1, 0.15) is 126 Å². The van der Waals surface area contributed by atoms with Gasteiger partial charge in [0.05, 0.1) is 37.0 Å². The predicted octanol–water partition coefficient (Wildman–Crippen LogP) is 5.58. The molecule has 2 fully saturated rings. The van der Waals surface area contributed by atoms with Crippen molar-refractivity contribution < 1.29 is 34.4 Å². The molecule has 23 nitrogen and oxygen atoms in total. The molecule has 0 unspecified atom stereocenters. The molecule has 10 rings (SSSR count). The number of ketones is 1. The molecule has 3 aromatic heterocycles. The number of carbonyl (C=O) groups is 3. The van der Waals surface area contributed by atoms with Gasteiger partial charge in [0.2, 0.25) is 17.6 Å². The third-order valence-electron chi connectivity index (χ3n) is 16.6. The molecule has 478 valence electrons. The number of H-pyrrole nitrogens is 2. The van der Waals surface area contributed by atoms with E-state index in [9.17, 15) is 43.8 Å². The number of ether oxygens (including phenoxy) is 1. The molecule has 3 aromatic carbocycles. The van der Waals surface area contributed by atoms with E-state index in [1.165, 1.54) is 15.3 Å². The van der Waals surface area contributed by atoms with Crippen LogP contribution in [0.15, 0.2) is 140 Å². The number of piperazine rings is 1. The lowest BCUT2D eigenvalue weighted by molar-refractivity contribution is -0.132. The van der Waals surface area contributed by atoms with Gasteiger partial charge < -0.3 is 30.7 Å². The van der Waals surface area contributed by atoms with E-state index < -0.39 is 76.6 Å². The number of fused-ring (bicyclic) bond motifs is 1. The minimum Gasteiger partial charge on any atom is -0.394 e. The Morgan fingerprint density at radius 2 is 1.59 bits per heavy atom. The third-order valence-corrected chi connectivity index (χ3v) is 16.6.